The number of benzene rings is 2. The van der Waals surface area contributed by atoms with Gasteiger partial charge in [0.05, 0.1) is 12.1 Å². The maximum Gasteiger partial charge on any atom is 0.0994 e. The molecule has 92 valence electrons. The standard InChI is InChI=1S/C15H14BrNO/c16-12-6-3-5-11(8-12)15(18)14-9-10-4-1-2-7-13(10)17-14/h1-8,14-15,17-18H,9H2. The van der Waals surface area contributed by atoms with Crippen LogP contribution in [-0.4, -0.2) is 11.1 Å². The first-order valence-electron chi connectivity index (χ1n) is 6.02. The number of rotatable bonds is 2. The van der Waals surface area contributed by atoms with Gasteiger partial charge in [-0.05, 0) is 35.7 Å². The van der Waals surface area contributed by atoms with Crippen molar-refractivity contribution in [1.29, 1.82) is 0 Å². The number of hydrogen-bond acceptors (Lipinski definition) is 2. The molecular weight excluding hydrogens is 290 g/mol. The van der Waals surface area contributed by atoms with Gasteiger partial charge in [-0.3, -0.25) is 0 Å². The fraction of sp³-hybridized carbons (Fsp3) is 0.200. The molecule has 1 aliphatic rings. The van der Waals surface area contributed by atoms with E-state index in [9.17, 15) is 5.11 Å². The van der Waals surface area contributed by atoms with Crippen molar-refractivity contribution in [2.24, 2.45) is 0 Å². The van der Waals surface area contributed by atoms with Gasteiger partial charge < -0.3 is 10.4 Å². The molecule has 3 heteroatoms. The van der Waals surface area contributed by atoms with Crippen LogP contribution < -0.4 is 5.32 Å². The highest BCUT2D eigenvalue weighted by Crippen LogP contribution is 2.32. The number of halogens is 1. The molecule has 0 bridgehead atoms. The van der Waals surface area contributed by atoms with Gasteiger partial charge >= 0.3 is 0 Å². The van der Waals surface area contributed by atoms with Crippen LogP contribution in [0.25, 0.3) is 0 Å². The summed E-state index contributed by atoms with van der Waals surface area (Å²) in [7, 11) is 0. The third-order valence-electron chi connectivity index (χ3n) is 3.37. The molecular formula is C15H14BrNO. The van der Waals surface area contributed by atoms with Crippen molar-refractivity contribution in [1.82, 2.24) is 0 Å². The minimum Gasteiger partial charge on any atom is -0.386 e. The quantitative estimate of drug-likeness (QED) is 0.890. The Hall–Kier alpha value is -1.32. The molecule has 1 aliphatic heterocycles. The number of aliphatic hydroxyl groups is 1. The van der Waals surface area contributed by atoms with Crippen LogP contribution in [0.3, 0.4) is 0 Å². The Labute approximate surface area is 115 Å². The maximum atomic E-state index is 10.4. The van der Waals surface area contributed by atoms with Gasteiger partial charge in [0.2, 0.25) is 0 Å². The summed E-state index contributed by atoms with van der Waals surface area (Å²) >= 11 is 3.44. The van der Waals surface area contributed by atoms with Crippen LogP contribution in [0, 0.1) is 0 Å². The van der Waals surface area contributed by atoms with E-state index in [0.717, 1.165) is 22.1 Å². The van der Waals surface area contributed by atoms with Crippen molar-refractivity contribution in [3.63, 3.8) is 0 Å². The monoisotopic (exact) mass is 303 g/mol. The first-order chi connectivity index (χ1) is 8.74. The third kappa shape index (κ3) is 2.16. The fourth-order valence-electron chi connectivity index (χ4n) is 2.44. The highest BCUT2D eigenvalue weighted by molar-refractivity contribution is 9.10. The van der Waals surface area contributed by atoms with Crippen molar-refractivity contribution >= 4 is 21.6 Å². The van der Waals surface area contributed by atoms with Crippen molar-refractivity contribution in [3.05, 3.63) is 64.1 Å². The summed E-state index contributed by atoms with van der Waals surface area (Å²) < 4.78 is 0.995. The summed E-state index contributed by atoms with van der Waals surface area (Å²) in [6.45, 7) is 0. The highest BCUT2D eigenvalue weighted by atomic mass is 79.9. The summed E-state index contributed by atoms with van der Waals surface area (Å²) in [6, 6.07) is 16.1. The molecule has 0 radical (unpaired) electrons. The fourth-order valence-corrected chi connectivity index (χ4v) is 2.86. The first-order valence-corrected chi connectivity index (χ1v) is 6.81. The molecule has 2 aromatic carbocycles. The van der Waals surface area contributed by atoms with Crippen LogP contribution in [0.15, 0.2) is 53.0 Å². The summed E-state index contributed by atoms with van der Waals surface area (Å²) in [5.41, 5.74) is 3.35. The predicted octanol–water partition coefficient (Wildman–Crippen LogP) is 3.52. The van der Waals surface area contributed by atoms with Crippen LogP contribution in [0.5, 0.6) is 0 Å². The number of hydrogen-bond donors (Lipinski definition) is 2. The van der Waals surface area contributed by atoms with E-state index in [4.69, 9.17) is 0 Å². The van der Waals surface area contributed by atoms with Gasteiger partial charge in [0.25, 0.3) is 0 Å². The molecule has 0 saturated heterocycles. The van der Waals surface area contributed by atoms with Crippen LogP contribution in [0.4, 0.5) is 5.69 Å². The zero-order valence-electron chi connectivity index (χ0n) is 9.81. The van der Waals surface area contributed by atoms with E-state index in [0.29, 0.717) is 0 Å². The lowest BCUT2D eigenvalue weighted by molar-refractivity contribution is 0.156. The molecule has 2 unspecified atom stereocenters. The lowest BCUT2D eigenvalue weighted by atomic mass is 9.99. The van der Waals surface area contributed by atoms with Gasteiger partial charge in [-0.1, -0.05) is 46.3 Å². The topological polar surface area (TPSA) is 32.3 Å². The summed E-state index contributed by atoms with van der Waals surface area (Å²) in [4.78, 5) is 0. The highest BCUT2D eigenvalue weighted by Gasteiger charge is 2.27. The average Bonchev–Trinajstić information content (AvgIpc) is 2.81. The van der Waals surface area contributed by atoms with Crippen molar-refractivity contribution < 1.29 is 5.11 Å². The molecule has 2 atom stereocenters. The lowest BCUT2D eigenvalue weighted by Crippen LogP contribution is -2.24. The van der Waals surface area contributed by atoms with E-state index < -0.39 is 6.10 Å². The molecule has 0 aromatic heterocycles. The molecule has 0 aliphatic carbocycles. The largest absolute Gasteiger partial charge is 0.386 e. The Kier molecular flexibility index (Phi) is 3.10. The molecule has 3 rings (SSSR count). The normalized spacial score (nSPS) is 19.1. The minimum atomic E-state index is -0.491. The molecule has 18 heavy (non-hydrogen) atoms. The van der Waals surface area contributed by atoms with Gasteiger partial charge in [0, 0.05) is 10.2 Å². The molecule has 2 aromatic rings. The summed E-state index contributed by atoms with van der Waals surface area (Å²) in [5, 5.41) is 13.8. The van der Waals surface area contributed by atoms with E-state index in [2.05, 4.69) is 33.4 Å². The van der Waals surface area contributed by atoms with E-state index in [1.807, 2.05) is 36.4 Å². The summed E-state index contributed by atoms with van der Waals surface area (Å²) in [5.74, 6) is 0. The van der Waals surface area contributed by atoms with E-state index >= 15 is 0 Å². The number of anilines is 1. The number of para-hydroxylation sites is 1. The minimum absolute atomic E-state index is 0.0525. The van der Waals surface area contributed by atoms with Crippen LogP contribution in [0.2, 0.25) is 0 Å². The van der Waals surface area contributed by atoms with Gasteiger partial charge in [-0.2, -0.15) is 0 Å². The van der Waals surface area contributed by atoms with Crippen LogP contribution >= 0.6 is 15.9 Å². The second-order valence-corrected chi connectivity index (χ2v) is 5.53. The number of nitrogens with one attached hydrogen (secondary N) is 1. The Morgan fingerprint density at radius 1 is 1.17 bits per heavy atom. The summed E-state index contributed by atoms with van der Waals surface area (Å²) in [6.07, 6.45) is 0.374. The molecule has 2 N–H and O–H groups in total. The molecule has 0 amide bonds. The number of fused-ring (bicyclic) bond motifs is 1. The average molecular weight is 304 g/mol. The SMILES string of the molecule is OC(c1cccc(Br)c1)C1Cc2ccccc2N1. The molecule has 1 heterocycles. The molecule has 2 nitrogen and oxygen atoms in total. The van der Waals surface area contributed by atoms with E-state index in [1.54, 1.807) is 0 Å². The Morgan fingerprint density at radius 3 is 2.78 bits per heavy atom. The molecule has 0 saturated carbocycles. The van der Waals surface area contributed by atoms with E-state index in [1.165, 1.54) is 5.56 Å². The van der Waals surface area contributed by atoms with Crippen LogP contribution in [-0.2, 0) is 6.42 Å². The van der Waals surface area contributed by atoms with Gasteiger partial charge in [-0.25, -0.2) is 0 Å². The predicted molar refractivity (Wildman–Crippen MR) is 76.7 cm³/mol. The third-order valence-corrected chi connectivity index (χ3v) is 3.86. The smallest absolute Gasteiger partial charge is 0.0994 e. The van der Waals surface area contributed by atoms with Gasteiger partial charge in [0.1, 0.15) is 0 Å². The zero-order valence-corrected chi connectivity index (χ0v) is 11.4. The lowest BCUT2D eigenvalue weighted by Gasteiger charge is -2.19. The van der Waals surface area contributed by atoms with Gasteiger partial charge in [0.15, 0.2) is 0 Å². The van der Waals surface area contributed by atoms with Crippen molar-refractivity contribution in [2.75, 3.05) is 5.32 Å². The molecule has 0 spiro atoms. The van der Waals surface area contributed by atoms with Crippen molar-refractivity contribution in [2.45, 2.75) is 18.6 Å². The second kappa shape index (κ2) is 4.75. The number of aliphatic hydroxyl groups excluding tert-OH is 1. The molecule has 0 fully saturated rings. The van der Waals surface area contributed by atoms with E-state index in [-0.39, 0.29) is 6.04 Å². The Balaban J connectivity index is 1.82. The second-order valence-electron chi connectivity index (χ2n) is 4.61. The Bertz CT molecular complexity index is 545. The maximum absolute atomic E-state index is 10.4. The zero-order chi connectivity index (χ0) is 12.5. The Morgan fingerprint density at radius 2 is 2.00 bits per heavy atom. The first kappa shape index (κ1) is 11.8. The van der Waals surface area contributed by atoms with Crippen molar-refractivity contribution in [3.8, 4) is 0 Å². The van der Waals surface area contributed by atoms with Crippen LogP contribution in [0.1, 0.15) is 17.2 Å². The van der Waals surface area contributed by atoms with Gasteiger partial charge in [-0.15, -0.1) is 0 Å².